The van der Waals surface area contributed by atoms with Gasteiger partial charge in [-0.25, -0.2) is 0 Å². The molecule has 0 saturated carbocycles. The number of anilines is 3. The third-order valence-electron chi connectivity index (χ3n) is 11.9. The first-order valence-electron chi connectivity index (χ1n) is 20.2. The van der Waals surface area contributed by atoms with Crippen LogP contribution in [-0.2, 0) is 5.41 Å². The summed E-state index contributed by atoms with van der Waals surface area (Å²) >= 11 is 1.81. The number of hydrogen-bond donors (Lipinski definition) is 0. The molecule has 284 valence electrons. The van der Waals surface area contributed by atoms with Gasteiger partial charge in [-0.3, -0.25) is 4.90 Å². The van der Waals surface area contributed by atoms with E-state index in [-0.39, 0.29) is 12.1 Å². The molecule has 2 aliphatic heterocycles. The van der Waals surface area contributed by atoms with E-state index < -0.39 is 8.07 Å². The zero-order valence-corrected chi connectivity index (χ0v) is 34.9. The lowest BCUT2D eigenvalue weighted by atomic mass is 9.38. The summed E-state index contributed by atoms with van der Waals surface area (Å²) in [7, 11) is -2.96. The monoisotopic (exact) mass is 797 g/mol. The standard InChI is InChI=1S/C52H40BNO3SSi/c1-52(2,3)35-29-30-46-42(31-35)49-50(58-46)53-43-34-47(54(36-19-9-4-10-20-36)37-21-11-5-12-22-37)57-51(43)56-45-33-41(32-44(55-49)48(45)53)59(38-23-13-6-14-24-38,39-25-15-7-16-26-39)40-27-17-8-18-28-40/h4-34H,1-3H3. The van der Waals surface area contributed by atoms with Crippen LogP contribution in [0, 0.1) is 0 Å². The molecule has 2 aromatic heterocycles. The van der Waals surface area contributed by atoms with Crippen LogP contribution in [0.5, 0.6) is 23.2 Å². The number of benzene rings is 7. The molecule has 11 rings (SSSR count). The molecule has 0 amide bonds. The number of para-hydroxylation sites is 2. The van der Waals surface area contributed by atoms with Crippen LogP contribution in [0.2, 0.25) is 0 Å². The van der Waals surface area contributed by atoms with Crippen molar-refractivity contribution in [3.05, 3.63) is 194 Å². The van der Waals surface area contributed by atoms with E-state index in [2.05, 4.69) is 202 Å². The van der Waals surface area contributed by atoms with Crippen LogP contribution in [-0.4, -0.2) is 14.8 Å². The highest BCUT2D eigenvalue weighted by atomic mass is 32.1. The number of rotatable bonds is 7. The van der Waals surface area contributed by atoms with Crippen LogP contribution >= 0.6 is 11.3 Å². The maximum atomic E-state index is 7.31. The molecule has 7 heteroatoms. The molecule has 0 fully saturated rings. The maximum Gasteiger partial charge on any atom is 0.286 e. The zero-order valence-electron chi connectivity index (χ0n) is 33.1. The van der Waals surface area contributed by atoms with E-state index in [9.17, 15) is 0 Å². The van der Waals surface area contributed by atoms with Crippen molar-refractivity contribution < 1.29 is 13.9 Å². The minimum atomic E-state index is -2.96. The van der Waals surface area contributed by atoms with Crippen LogP contribution in [0.3, 0.4) is 0 Å². The Labute approximate surface area is 350 Å². The Hall–Kier alpha value is -6.54. The molecule has 0 aliphatic carbocycles. The van der Waals surface area contributed by atoms with E-state index in [4.69, 9.17) is 13.9 Å². The number of fused-ring (bicyclic) bond motifs is 6. The van der Waals surface area contributed by atoms with Crippen LogP contribution in [0.1, 0.15) is 26.3 Å². The average Bonchev–Trinajstić information content (AvgIpc) is 3.86. The smallest absolute Gasteiger partial charge is 0.286 e. The van der Waals surface area contributed by atoms with Crippen LogP contribution < -0.4 is 50.8 Å². The van der Waals surface area contributed by atoms with Crippen molar-refractivity contribution in [2.45, 2.75) is 26.2 Å². The molecular weight excluding hydrogens is 758 g/mol. The minimum absolute atomic E-state index is 0.0220. The summed E-state index contributed by atoms with van der Waals surface area (Å²) in [5.74, 6) is 3.70. The molecular formula is C52H40BNO3SSi. The fourth-order valence-electron chi connectivity index (χ4n) is 9.15. The Kier molecular flexibility index (Phi) is 8.33. The van der Waals surface area contributed by atoms with Gasteiger partial charge in [0.05, 0.1) is 0 Å². The lowest BCUT2D eigenvalue weighted by Crippen LogP contribution is -2.75. The summed E-state index contributed by atoms with van der Waals surface area (Å²) in [6, 6.07) is 67.5. The van der Waals surface area contributed by atoms with Gasteiger partial charge in [0, 0.05) is 43.2 Å². The van der Waals surface area contributed by atoms with Crippen LogP contribution in [0.4, 0.5) is 17.3 Å². The summed E-state index contributed by atoms with van der Waals surface area (Å²) in [6.07, 6.45) is 0. The predicted octanol–water partition coefficient (Wildman–Crippen LogP) is 9.37. The number of hydrogen-bond acceptors (Lipinski definition) is 5. The lowest BCUT2D eigenvalue weighted by molar-refractivity contribution is 0.353. The van der Waals surface area contributed by atoms with Crippen molar-refractivity contribution in [1.82, 2.24) is 0 Å². The minimum Gasteiger partial charge on any atom is -0.457 e. The summed E-state index contributed by atoms with van der Waals surface area (Å²) in [5.41, 5.74) is 5.27. The molecule has 0 spiro atoms. The molecule has 0 atom stereocenters. The van der Waals surface area contributed by atoms with E-state index in [0.29, 0.717) is 11.8 Å². The molecule has 0 unspecified atom stereocenters. The number of furan rings is 1. The second-order valence-corrected chi connectivity index (χ2v) is 21.4. The summed E-state index contributed by atoms with van der Waals surface area (Å²) < 4.78 is 23.7. The van der Waals surface area contributed by atoms with Crippen molar-refractivity contribution in [2.75, 3.05) is 4.90 Å². The highest BCUT2D eigenvalue weighted by molar-refractivity contribution is 7.33. The Morgan fingerprint density at radius 1 is 0.542 bits per heavy atom. The lowest BCUT2D eigenvalue weighted by Gasteiger charge is -2.36. The molecule has 4 nitrogen and oxygen atoms in total. The average molecular weight is 798 g/mol. The van der Waals surface area contributed by atoms with Crippen molar-refractivity contribution in [2.24, 2.45) is 0 Å². The zero-order chi connectivity index (χ0) is 39.7. The van der Waals surface area contributed by atoms with Gasteiger partial charge in [0.25, 0.3) is 12.7 Å². The van der Waals surface area contributed by atoms with E-state index in [1.54, 1.807) is 11.3 Å². The molecule has 0 bridgehead atoms. The molecule has 0 saturated heterocycles. The van der Waals surface area contributed by atoms with E-state index in [0.717, 1.165) is 49.7 Å². The van der Waals surface area contributed by atoms with E-state index in [1.807, 2.05) is 12.1 Å². The van der Waals surface area contributed by atoms with Crippen molar-refractivity contribution in [1.29, 1.82) is 0 Å². The van der Waals surface area contributed by atoms with Gasteiger partial charge in [-0.2, -0.15) is 0 Å². The Bertz CT molecular complexity index is 2850. The number of nitrogens with zero attached hydrogens (tertiary/aromatic N) is 1. The third kappa shape index (κ3) is 5.71. The first kappa shape index (κ1) is 35.6. The largest absolute Gasteiger partial charge is 0.457 e. The normalized spacial score (nSPS) is 12.9. The fraction of sp³-hybridized carbons (Fsp3) is 0.0769. The first-order valence-corrected chi connectivity index (χ1v) is 23.0. The summed E-state index contributed by atoms with van der Waals surface area (Å²) in [6.45, 7) is 6.65. The maximum absolute atomic E-state index is 7.31. The molecule has 0 radical (unpaired) electrons. The highest BCUT2D eigenvalue weighted by Crippen LogP contribution is 2.44. The molecule has 2 aliphatic rings. The SMILES string of the molecule is CC(C)(C)c1ccc2sc3c(c2c1)Oc1cc([Si](c2ccccc2)(c2ccccc2)c2ccccc2)cc2c1B3c1cc(N(c3ccccc3)c3ccccc3)oc1O2. The highest BCUT2D eigenvalue weighted by Gasteiger charge is 2.48. The van der Waals surface area contributed by atoms with Gasteiger partial charge in [-0.15, -0.1) is 11.3 Å². The van der Waals surface area contributed by atoms with Gasteiger partial charge in [0.2, 0.25) is 5.88 Å². The predicted molar refractivity (Wildman–Crippen MR) is 249 cm³/mol. The van der Waals surface area contributed by atoms with Crippen molar-refractivity contribution >= 4 is 89.9 Å². The Morgan fingerprint density at radius 3 is 1.58 bits per heavy atom. The molecule has 7 aromatic carbocycles. The van der Waals surface area contributed by atoms with Gasteiger partial charge >= 0.3 is 0 Å². The quantitative estimate of drug-likeness (QED) is 0.119. The second-order valence-electron chi connectivity index (χ2n) is 16.5. The third-order valence-corrected chi connectivity index (χ3v) is 17.9. The summed E-state index contributed by atoms with van der Waals surface area (Å²) in [5, 5.41) is 6.17. The molecule has 59 heavy (non-hydrogen) atoms. The molecule has 4 heterocycles. The number of thiophene rings is 1. The summed E-state index contributed by atoms with van der Waals surface area (Å²) in [4.78, 5) is 2.16. The van der Waals surface area contributed by atoms with E-state index in [1.165, 1.54) is 31.0 Å². The Morgan fingerprint density at radius 2 is 1.05 bits per heavy atom. The first-order chi connectivity index (χ1) is 28.9. The van der Waals surface area contributed by atoms with Crippen LogP contribution in [0.25, 0.3) is 10.1 Å². The van der Waals surface area contributed by atoms with Gasteiger partial charge in [-0.05, 0) is 80.3 Å². The molecule has 0 N–H and O–H groups in total. The van der Waals surface area contributed by atoms with Crippen molar-refractivity contribution in [3.63, 3.8) is 0 Å². The van der Waals surface area contributed by atoms with Crippen molar-refractivity contribution in [3.8, 4) is 23.2 Å². The van der Waals surface area contributed by atoms with Gasteiger partial charge in [0.15, 0.2) is 8.07 Å². The second kappa shape index (κ2) is 13.8. The van der Waals surface area contributed by atoms with Gasteiger partial charge in [0.1, 0.15) is 17.2 Å². The number of ether oxygens (including phenoxy) is 2. The molecule has 9 aromatic rings. The topological polar surface area (TPSA) is 34.8 Å². The van der Waals surface area contributed by atoms with E-state index >= 15 is 0 Å². The van der Waals surface area contributed by atoms with Gasteiger partial charge < -0.3 is 13.9 Å². The fourth-order valence-corrected chi connectivity index (χ4v) is 15.2. The Balaban J connectivity index is 1.19. The van der Waals surface area contributed by atoms with Crippen LogP contribution in [0.15, 0.2) is 192 Å². The van der Waals surface area contributed by atoms with Gasteiger partial charge in [-0.1, -0.05) is 154 Å².